The van der Waals surface area contributed by atoms with Gasteiger partial charge in [0, 0.05) is 6.04 Å². The highest BCUT2D eigenvalue weighted by Crippen LogP contribution is 2.11. The fourth-order valence-corrected chi connectivity index (χ4v) is 1.55. The third kappa shape index (κ3) is 3.57. The molecule has 0 radical (unpaired) electrons. The number of hydrogen-bond acceptors (Lipinski definition) is 1. The highest BCUT2D eigenvalue weighted by Gasteiger charge is 2.08. The zero-order valence-electron chi connectivity index (χ0n) is 8.52. The summed E-state index contributed by atoms with van der Waals surface area (Å²) in [6.07, 6.45) is 4.67. The molecule has 0 saturated carbocycles. The molecule has 0 aliphatic heterocycles. The Morgan fingerprint density at radius 2 is 1.91 bits per heavy atom. The standard InChI is InChI=1S/C10H21N/c1-6-8-9(3)10(7-2)11(4)5/h8,10H,6-7H2,1-5H3. The lowest BCUT2D eigenvalue weighted by molar-refractivity contribution is 0.322. The van der Waals surface area contributed by atoms with E-state index >= 15 is 0 Å². The van der Waals surface area contributed by atoms with Crippen molar-refractivity contribution in [3.8, 4) is 0 Å². The van der Waals surface area contributed by atoms with E-state index in [2.05, 4.69) is 45.8 Å². The Hall–Kier alpha value is -0.300. The molecule has 0 bridgehead atoms. The van der Waals surface area contributed by atoms with Gasteiger partial charge in [-0.1, -0.05) is 25.5 Å². The van der Waals surface area contributed by atoms with E-state index in [0.29, 0.717) is 6.04 Å². The monoisotopic (exact) mass is 155 g/mol. The predicted octanol–water partition coefficient (Wildman–Crippen LogP) is 2.68. The molecule has 1 atom stereocenters. The van der Waals surface area contributed by atoms with Crippen LogP contribution in [0, 0.1) is 0 Å². The van der Waals surface area contributed by atoms with Crippen LogP contribution < -0.4 is 0 Å². The molecule has 66 valence electrons. The van der Waals surface area contributed by atoms with E-state index in [-0.39, 0.29) is 0 Å². The minimum atomic E-state index is 0.634. The Balaban J connectivity index is 4.13. The van der Waals surface area contributed by atoms with Gasteiger partial charge >= 0.3 is 0 Å². The number of hydrogen-bond donors (Lipinski definition) is 0. The molecule has 1 heteroatoms. The van der Waals surface area contributed by atoms with Gasteiger partial charge in [0.1, 0.15) is 0 Å². The SMILES string of the molecule is CCC=C(C)C(CC)N(C)C. The first-order valence-electron chi connectivity index (χ1n) is 4.46. The first-order chi connectivity index (χ1) is 5.13. The van der Waals surface area contributed by atoms with Crippen molar-refractivity contribution in [1.82, 2.24) is 4.90 Å². The lowest BCUT2D eigenvalue weighted by Gasteiger charge is -2.23. The van der Waals surface area contributed by atoms with Crippen molar-refractivity contribution in [1.29, 1.82) is 0 Å². The second-order valence-corrected chi connectivity index (χ2v) is 3.24. The van der Waals surface area contributed by atoms with Crippen molar-refractivity contribution in [2.24, 2.45) is 0 Å². The van der Waals surface area contributed by atoms with Crippen LogP contribution in [0.15, 0.2) is 11.6 Å². The van der Waals surface area contributed by atoms with Gasteiger partial charge in [0.05, 0.1) is 0 Å². The van der Waals surface area contributed by atoms with E-state index in [1.807, 2.05) is 0 Å². The molecular formula is C10H21N. The van der Waals surface area contributed by atoms with Gasteiger partial charge in [0.25, 0.3) is 0 Å². The molecule has 0 N–H and O–H groups in total. The molecule has 0 aromatic heterocycles. The first kappa shape index (κ1) is 10.7. The summed E-state index contributed by atoms with van der Waals surface area (Å²) in [5.41, 5.74) is 1.50. The van der Waals surface area contributed by atoms with Crippen molar-refractivity contribution in [3.63, 3.8) is 0 Å². The maximum absolute atomic E-state index is 2.31. The van der Waals surface area contributed by atoms with Gasteiger partial charge in [-0.2, -0.15) is 0 Å². The van der Waals surface area contributed by atoms with Crippen LogP contribution in [0.25, 0.3) is 0 Å². The zero-order chi connectivity index (χ0) is 8.85. The second-order valence-electron chi connectivity index (χ2n) is 3.24. The number of rotatable bonds is 4. The van der Waals surface area contributed by atoms with Gasteiger partial charge in [-0.3, -0.25) is 0 Å². The van der Waals surface area contributed by atoms with Crippen molar-refractivity contribution in [2.75, 3.05) is 14.1 Å². The Morgan fingerprint density at radius 1 is 1.36 bits per heavy atom. The Kier molecular flexibility index (Phi) is 5.22. The fourth-order valence-electron chi connectivity index (χ4n) is 1.55. The molecule has 11 heavy (non-hydrogen) atoms. The van der Waals surface area contributed by atoms with E-state index in [0.717, 1.165) is 6.42 Å². The normalized spacial score (nSPS) is 15.6. The zero-order valence-corrected chi connectivity index (χ0v) is 8.52. The summed E-state index contributed by atoms with van der Waals surface area (Å²) >= 11 is 0. The maximum Gasteiger partial charge on any atom is 0.0296 e. The quantitative estimate of drug-likeness (QED) is 0.564. The van der Waals surface area contributed by atoms with Crippen LogP contribution in [0.3, 0.4) is 0 Å². The van der Waals surface area contributed by atoms with Crippen LogP contribution >= 0.6 is 0 Å². The average Bonchev–Trinajstić information content (AvgIpc) is 1.88. The molecule has 0 aliphatic rings. The van der Waals surface area contributed by atoms with E-state index in [4.69, 9.17) is 0 Å². The average molecular weight is 155 g/mol. The molecule has 0 aromatic carbocycles. The van der Waals surface area contributed by atoms with Crippen LogP contribution in [0.2, 0.25) is 0 Å². The van der Waals surface area contributed by atoms with Crippen LogP contribution in [0.5, 0.6) is 0 Å². The first-order valence-corrected chi connectivity index (χ1v) is 4.46. The minimum Gasteiger partial charge on any atom is -0.303 e. The lowest BCUT2D eigenvalue weighted by Crippen LogP contribution is -2.28. The molecular weight excluding hydrogens is 134 g/mol. The lowest BCUT2D eigenvalue weighted by atomic mass is 10.0. The molecule has 0 fully saturated rings. The minimum absolute atomic E-state index is 0.634. The summed E-state index contributed by atoms with van der Waals surface area (Å²) in [5.74, 6) is 0. The highest BCUT2D eigenvalue weighted by molar-refractivity contribution is 5.06. The van der Waals surface area contributed by atoms with Crippen LogP contribution in [-0.2, 0) is 0 Å². The molecule has 0 saturated heterocycles. The van der Waals surface area contributed by atoms with Gasteiger partial charge in [-0.25, -0.2) is 0 Å². The largest absolute Gasteiger partial charge is 0.303 e. The Bertz CT molecular complexity index is 125. The summed E-state index contributed by atoms with van der Waals surface area (Å²) in [6, 6.07) is 0.634. The van der Waals surface area contributed by atoms with Crippen molar-refractivity contribution in [2.45, 2.75) is 39.7 Å². The molecule has 0 heterocycles. The highest BCUT2D eigenvalue weighted by atomic mass is 15.1. The third-order valence-electron chi connectivity index (χ3n) is 2.06. The molecule has 0 spiro atoms. The maximum atomic E-state index is 2.31. The molecule has 1 unspecified atom stereocenters. The number of likely N-dealkylation sites (N-methyl/N-ethyl adjacent to an activating group) is 1. The summed E-state index contributed by atoms with van der Waals surface area (Å²) in [4.78, 5) is 2.28. The molecule has 0 amide bonds. The van der Waals surface area contributed by atoms with Crippen molar-refractivity contribution >= 4 is 0 Å². The van der Waals surface area contributed by atoms with Gasteiger partial charge in [0.2, 0.25) is 0 Å². The topological polar surface area (TPSA) is 3.24 Å². The Morgan fingerprint density at radius 3 is 2.18 bits per heavy atom. The summed E-state index contributed by atoms with van der Waals surface area (Å²) < 4.78 is 0. The number of allylic oxidation sites excluding steroid dienone is 1. The van der Waals surface area contributed by atoms with Gasteiger partial charge in [-0.15, -0.1) is 0 Å². The van der Waals surface area contributed by atoms with Crippen molar-refractivity contribution in [3.05, 3.63) is 11.6 Å². The second kappa shape index (κ2) is 5.36. The van der Waals surface area contributed by atoms with Gasteiger partial charge in [0.15, 0.2) is 0 Å². The predicted molar refractivity (Wildman–Crippen MR) is 51.8 cm³/mol. The van der Waals surface area contributed by atoms with Gasteiger partial charge in [-0.05, 0) is 33.9 Å². The van der Waals surface area contributed by atoms with E-state index in [1.54, 1.807) is 0 Å². The van der Waals surface area contributed by atoms with Crippen LogP contribution in [-0.4, -0.2) is 25.0 Å². The van der Waals surface area contributed by atoms with Crippen LogP contribution in [0.4, 0.5) is 0 Å². The fraction of sp³-hybridized carbons (Fsp3) is 0.800. The third-order valence-corrected chi connectivity index (χ3v) is 2.06. The molecule has 1 nitrogen and oxygen atoms in total. The summed E-state index contributed by atoms with van der Waals surface area (Å²) in [6.45, 7) is 6.64. The van der Waals surface area contributed by atoms with E-state index in [1.165, 1.54) is 12.0 Å². The Labute approximate surface area is 71.1 Å². The smallest absolute Gasteiger partial charge is 0.0296 e. The summed E-state index contributed by atoms with van der Waals surface area (Å²) in [7, 11) is 4.28. The summed E-state index contributed by atoms with van der Waals surface area (Å²) in [5, 5.41) is 0. The van der Waals surface area contributed by atoms with Crippen molar-refractivity contribution < 1.29 is 0 Å². The molecule has 0 aromatic rings. The van der Waals surface area contributed by atoms with Crippen LogP contribution in [0.1, 0.15) is 33.6 Å². The van der Waals surface area contributed by atoms with E-state index < -0.39 is 0 Å². The van der Waals surface area contributed by atoms with E-state index in [9.17, 15) is 0 Å². The number of nitrogens with zero attached hydrogens (tertiary/aromatic N) is 1. The van der Waals surface area contributed by atoms with Gasteiger partial charge < -0.3 is 4.90 Å². The molecule has 0 aliphatic carbocycles. The molecule has 0 rings (SSSR count).